The van der Waals surface area contributed by atoms with Gasteiger partial charge in [-0.05, 0) is 48.9 Å². The van der Waals surface area contributed by atoms with Gasteiger partial charge in [0.25, 0.3) is 17.6 Å². The van der Waals surface area contributed by atoms with E-state index in [4.69, 9.17) is 5.73 Å². The van der Waals surface area contributed by atoms with Gasteiger partial charge in [-0.3, -0.25) is 14.4 Å². The number of hydrogen-bond acceptors (Lipinski definition) is 3. The van der Waals surface area contributed by atoms with E-state index in [9.17, 15) is 14.4 Å². The smallest absolute Gasteiger partial charge is 0.289 e. The molecule has 148 valence electrons. The van der Waals surface area contributed by atoms with Crippen molar-refractivity contribution >= 4 is 28.5 Å². The monoisotopic (exact) mass is 389 g/mol. The van der Waals surface area contributed by atoms with Crippen molar-refractivity contribution in [3.63, 3.8) is 0 Å². The summed E-state index contributed by atoms with van der Waals surface area (Å²) >= 11 is 0. The van der Waals surface area contributed by atoms with Gasteiger partial charge < -0.3 is 15.6 Å². The minimum Gasteiger partial charge on any atom is -0.363 e. The van der Waals surface area contributed by atoms with E-state index in [0.29, 0.717) is 35.5 Å². The number of ketones is 1. The summed E-state index contributed by atoms with van der Waals surface area (Å²) in [6, 6.07) is 15.6. The Labute approximate surface area is 168 Å². The SMILES string of the molecule is NC(=O)C(=O)c1c[nH]c2ccc(C(=O)N3CCC(Cc4ccccc4)CC3)cc12. The number of amides is 2. The highest BCUT2D eigenvalue weighted by molar-refractivity contribution is 6.44. The first-order valence-electron chi connectivity index (χ1n) is 9.81. The van der Waals surface area contributed by atoms with Gasteiger partial charge in [-0.2, -0.15) is 0 Å². The topological polar surface area (TPSA) is 96.3 Å². The molecule has 6 nitrogen and oxygen atoms in total. The van der Waals surface area contributed by atoms with Crippen LogP contribution in [0.15, 0.2) is 54.7 Å². The number of Topliss-reactive ketones (excluding diaryl/α,β-unsaturated/α-hetero) is 1. The van der Waals surface area contributed by atoms with Crippen LogP contribution in [0, 0.1) is 5.92 Å². The Morgan fingerprint density at radius 3 is 2.45 bits per heavy atom. The maximum absolute atomic E-state index is 13.0. The molecule has 3 N–H and O–H groups in total. The first kappa shape index (κ1) is 18.9. The van der Waals surface area contributed by atoms with E-state index in [0.717, 1.165) is 19.3 Å². The van der Waals surface area contributed by atoms with E-state index >= 15 is 0 Å². The third-order valence-corrected chi connectivity index (χ3v) is 5.67. The van der Waals surface area contributed by atoms with Crippen LogP contribution in [0.4, 0.5) is 0 Å². The van der Waals surface area contributed by atoms with Crippen LogP contribution in [0.3, 0.4) is 0 Å². The average molecular weight is 389 g/mol. The first-order chi connectivity index (χ1) is 14.0. The molecule has 2 amide bonds. The van der Waals surface area contributed by atoms with Crippen molar-refractivity contribution < 1.29 is 14.4 Å². The zero-order valence-electron chi connectivity index (χ0n) is 16.1. The lowest BCUT2D eigenvalue weighted by molar-refractivity contribution is -0.114. The van der Waals surface area contributed by atoms with Crippen molar-refractivity contribution in [2.24, 2.45) is 11.7 Å². The van der Waals surface area contributed by atoms with Crippen LogP contribution in [0.1, 0.15) is 39.1 Å². The molecule has 0 aliphatic carbocycles. The summed E-state index contributed by atoms with van der Waals surface area (Å²) in [5.41, 5.74) is 7.86. The molecule has 3 aromatic rings. The van der Waals surface area contributed by atoms with Gasteiger partial charge in [0.15, 0.2) is 0 Å². The summed E-state index contributed by atoms with van der Waals surface area (Å²) in [4.78, 5) is 41.0. The largest absolute Gasteiger partial charge is 0.363 e. The van der Waals surface area contributed by atoms with Gasteiger partial charge in [0.2, 0.25) is 0 Å². The normalized spacial score (nSPS) is 14.8. The Kier molecular flexibility index (Phi) is 5.16. The fourth-order valence-electron chi connectivity index (χ4n) is 4.04. The predicted octanol–water partition coefficient (Wildman–Crippen LogP) is 2.93. The van der Waals surface area contributed by atoms with Gasteiger partial charge in [0.05, 0.1) is 5.56 Å². The molecule has 0 spiro atoms. The van der Waals surface area contributed by atoms with E-state index in [2.05, 4.69) is 29.2 Å². The van der Waals surface area contributed by atoms with E-state index in [1.54, 1.807) is 18.2 Å². The molecule has 0 saturated carbocycles. The molecule has 1 aromatic heterocycles. The third kappa shape index (κ3) is 3.92. The lowest BCUT2D eigenvalue weighted by atomic mass is 9.90. The van der Waals surface area contributed by atoms with Gasteiger partial charge in [-0.1, -0.05) is 30.3 Å². The molecule has 0 radical (unpaired) electrons. The molecule has 2 heterocycles. The van der Waals surface area contributed by atoms with Crippen molar-refractivity contribution in [1.29, 1.82) is 0 Å². The Hall–Kier alpha value is -3.41. The zero-order valence-corrected chi connectivity index (χ0v) is 16.1. The zero-order chi connectivity index (χ0) is 20.4. The number of piperidine rings is 1. The van der Waals surface area contributed by atoms with Crippen molar-refractivity contribution in [1.82, 2.24) is 9.88 Å². The maximum Gasteiger partial charge on any atom is 0.289 e. The summed E-state index contributed by atoms with van der Waals surface area (Å²) in [5.74, 6) is -1.25. The molecule has 1 saturated heterocycles. The number of nitrogens with one attached hydrogen (secondary N) is 1. The fraction of sp³-hybridized carbons (Fsp3) is 0.261. The Morgan fingerprint density at radius 1 is 1.03 bits per heavy atom. The van der Waals surface area contributed by atoms with Crippen molar-refractivity contribution in [2.75, 3.05) is 13.1 Å². The average Bonchev–Trinajstić information content (AvgIpc) is 3.17. The summed E-state index contributed by atoms with van der Waals surface area (Å²) in [6.07, 6.45) is 4.44. The van der Waals surface area contributed by atoms with Crippen LogP contribution in [-0.2, 0) is 11.2 Å². The second-order valence-electron chi connectivity index (χ2n) is 7.58. The molecule has 0 atom stereocenters. The highest BCUT2D eigenvalue weighted by Crippen LogP contribution is 2.25. The number of benzene rings is 2. The molecule has 0 bridgehead atoms. The Morgan fingerprint density at radius 2 is 1.76 bits per heavy atom. The quantitative estimate of drug-likeness (QED) is 0.519. The number of nitrogens with two attached hydrogens (primary N) is 1. The van der Waals surface area contributed by atoms with Gasteiger partial charge >= 0.3 is 0 Å². The molecule has 4 rings (SSSR count). The maximum atomic E-state index is 13.0. The number of rotatable bonds is 5. The van der Waals surface area contributed by atoms with E-state index < -0.39 is 11.7 Å². The Bertz CT molecular complexity index is 1060. The number of aromatic amines is 1. The number of primary amides is 1. The number of likely N-dealkylation sites (tertiary alicyclic amines) is 1. The summed E-state index contributed by atoms with van der Waals surface area (Å²) in [7, 11) is 0. The molecular formula is C23H23N3O3. The first-order valence-corrected chi connectivity index (χ1v) is 9.81. The molecule has 29 heavy (non-hydrogen) atoms. The van der Waals surface area contributed by atoms with Crippen LogP contribution >= 0.6 is 0 Å². The number of H-pyrrole nitrogens is 1. The third-order valence-electron chi connectivity index (χ3n) is 5.67. The van der Waals surface area contributed by atoms with Gasteiger partial charge in [-0.15, -0.1) is 0 Å². The highest BCUT2D eigenvalue weighted by atomic mass is 16.2. The van der Waals surface area contributed by atoms with Crippen LogP contribution < -0.4 is 5.73 Å². The van der Waals surface area contributed by atoms with E-state index in [1.165, 1.54) is 11.8 Å². The molecule has 0 unspecified atom stereocenters. The van der Waals surface area contributed by atoms with Gasteiger partial charge in [-0.25, -0.2) is 0 Å². The lowest BCUT2D eigenvalue weighted by Crippen LogP contribution is -2.38. The summed E-state index contributed by atoms with van der Waals surface area (Å²) in [6.45, 7) is 1.43. The highest BCUT2D eigenvalue weighted by Gasteiger charge is 2.25. The number of aromatic nitrogens is 1. The molecule has 1 aliphatic rings. The predicted molar refractivity (Wildman–Crippen MR) is 111 cm³/mol. The second-order valence-corrected chi connectivity index (χ2v) is 7.58. The summed E-state index contributed by atoms with van der Waals surface area (Å²) in [5, 5.41) is 0.540. The molecule has 6 heteroatoms. The number of nitrogens with zero attached hydrogens (tertiary/aromatic N) is 1. The molecule has 2 aromatic carbocycles. The standard InChI is InChI=1S/C23H23N3O3/c24-22(28)21(27)19-14-25-20-7-6-17(13-18(19)20)23(29)26-10-8-16(9-11-26)12-15-4-2-1-3-5-15/h1-7,13-14,16,25H,8-12H2,(H2,24,28). The van der Waals surface area contributed by atoms with Crippen molar-refractivity contribution in [3.05, 3.63) is 71.4 Å². The van der Waals surface area contributed by atoms with Crippen LogP contribution in [0.2, 0.25) is 0 Å². The van der Waals surface area contributed by atoms with E-state index in [-0.39, 0.29) is 11.5 Å². The number of fused-ring (bicyclic) bond motifs is 1. The number of hydrogen-bond donors (Lipinski definition) is 2. The second kappa shape index (κ2) is 7.91. The number of carbonyl (C=O) groups is 3. The van der Waals surface area contributed by atoms with Crippen LogP contribution in [-0.4, -0.2) is 40.6 Å². The van der Waals surface area contributed by atoms with Gasteiger partial charge in [0.1, 0.15) is 0 Å². The molecular weight excluding hydrogens is 366 g/mol. The van der Waals surface area contributed by atoms with Gasteiger partial charge in [0, 0.05) is 35.8 Å². The Balaban J connectivity index is 1.46. The minimum atomic E-state index is -1.01. The molecule has 1 fully saturated rings. The lowest BCUT2D eigenvalue weighted by Gasteiger charge is -2.32. The van der Waals surface area contributed by atoms with Crippen molar-refractivity contribution in [3.8, 4) is 0 Å². The molecule has 1 aliphatic heterocycles. The van der Waals surface area contributed by atoms with Crippen LogP contribution in [0.5, 0.6) is 0 Å². The fourth-order valence-corrected chi connectivity index (χ4v) is 4.04. The number of carbonyl (C=O) groups excluding carboxylic acids is 3. The van der Waals surface area contributed by atoms with E-state index in [1.807, 2.05) is 11.0 Å². The summed E-state index contributed by atoms with van der Waals surface area (Å²) < 4.78 is 0. The minimum absolute atomic E-state index is 0.0521. The van der Waals surface area contributed by atoms with Crippen molar-refractivity contribution in [2.45, 2.75) is 19.3 Å². The van der Waals surface area contributed by atoms with Crippen LogP contribution in [0.25, 0.3) is 10.9 Å².